The second kappa shape index (κ2) is 7.56. The van der Waals surface area contributed by atoms with E-state index < -0.39 is 56.7 Å². The summed E-state index contributed by atoms with van der Waals surface area (Å²) in [6.45, 7) is -0.816. The number of benzene rings is 2. The Morgan fingerprint density at radius 3 is 2.09 bits per heavy atom. The normalized spacial score (nSPS) is 14.8. The molecule has 0 bridgehead atoms. The Kier molecular flexibility index (Phi) is 5.85. The van der Waals surface area contributed by atoms with Gasteiger partial charge in [0.15, 0.2) is 6.04 Å². The van der Waals surface area contributed by atoms with Crippen molar-refractivity contribution >= 4 is 16.1 Å². The fourth-order valence-electron chi connectivity index (χ4n) is 2.33. The molecule has 1 atom stereocenters. The van der Waals surface area contributed by atoms with E-state index in [1.54, 1.807) is 6.07 Å². The molecule has 0 aromatic heterocycles. The lowest BCUT2D eigenvalue weighted by molar-refractivity contribution is -0.139. The van der Waals surface area contributed by atoms with E-state index in [-0.39, 0.29) is 17.7 Å². The lowest BCUT2D eigenvalue weighted by Gasteiger charge is -2.40. The van der Waals surface area contributed by atoms with Gasteiger partial charge in [0.2, 0.25) is 0 Å². The quantitative estimate of drug-likeness (QED) is 0.514. The fourth-order valence-corrected chi connectivity index (χ4v) is 2.99. The number of carbonyl (C=O) groups excluding carboxylic acids is 1. The van der Waals surface area contributed by atoms with E-state index in [1.165, 1.54) is 6.07 Å². The first kappa shape index (κ1) is 24.7. The third-order valence-corrected chi connectivity index (χ3v) is 5.01. The molecule has 1 amide bonds. The fraction of sp³-hybridized carbons (Fsp3) is 0.167. The summed E-state index contributed by atoms with van der Waals surface area (Å²) >= 11 is 0. The van der Waals surface area contributed by atoms with Crippen LogP contribution in [0.1, 0.15) is 21.5 Å². The summed E-state index contributed by atoms with van der Waals surface area (Å²) in [5.41, 5.74) is -1.93. The Hall–Kier alpha value is -3.52. The van der Waals surface area contributed by atoms with Crippen LogP contribution in [-0.4, -0.2) is 18.6 Å². The second-order valence-corrected chi connectivity index (χ2v) is 8.69. The molecule has 0 fully saturated rings. The average molecular weight is 485 g/mol. The summed E-state index contributed by atoms with van der Waals surface area (Å²) in [6, 6.07) is 4.72. The van der Waals surface area contributed by atoms with Gasteiger partial charge in [-0.3, -0.25) is 4.79 Å². The number of nitriles is 2. The lowest BCUT2D eigenvalue weighted by Crippen LogP contribution is -2.38. The summed E-state index contributed by atoms with van der Waals surface area (Å²) in [5, 5.41) is 19.9. The van der Waals surface area contributed by atoms with Crippen LogP contribution in [0.4, 0.5) is 32.6 Å². The Balaban J connectivity index is 2.15. The van der Waals surface area contributed by atoms with E-state index in [0.717, 1.165) is 12.1 Å². The van der Waals surface area contributed by atoms with E-state index in [4.69, 9.17) is 15.3 Å². The molecule has 1 unspecified atom stereocenters. The predicted octanol–water partition coefficient (Wildman–Crippen LogP) is 5.94. The van der Waals surface area contributed by atoms with Gasteiger partial charge in [-0.25, -0.2) is 0 Å². The van der Waals surface area contributed by atoms with Crippen LogP contribution in [0.2, 0.25) is 0 Å². The molecule has 0 saturated heterocycles. The molecular weight excluding hydrogens is 474 g/mol. The number of nitrogens with one attached hydrogen (secondary N) is 1. The van der Waals surface area contributed by atoms with Crippen molar-refractivity contribution in [1.29, 1.82) is 10.5 Å². The van der Waals surface area contributed by atoms with Crippen LogP contribution in [0.3, 0.4) is 0 Å². The SMILES string of the molecule is N#Cc1ccc(C(F)(F)F)c(OCC(C#N)NC(=O)c2ccc(S(F)(F)(F)(F)F)cc2)c1. The molecule has 32 heavy (non-hydrogen) atoms. The van der Waals surface area contributed by atoms with Crippen LogP contribution in [0, 0.1) is 22.7 Å². The van der Waals surface area contributed by atoms with Gasteiger partial charge >= 0.3 is 16.4 Å². The Labute approximate surface area is 175 Å². The van der Waals surface area contributed by atoms with Gasteiger partial charge in [0.1, 0.15) is 17.3 Å². The highest BCUT2D eigenvalue weighted by atomic mass is 32.5. The van der Waals surface area contributed by atoms with Crippen LogP contribution in [0.25, 0.3) is 0 Å². The molecule has 0 aliphatic rings. The molecule has 0 aliphatic heterocycles. The Morgan fingerprint density at radius 1 is 1.03 bits per heavy atom. The van der Waals surface area contributed by atoms with Gasteiger partial charge in [0, 0.05) is 5.56 Å². The molecule has 1 N–H and O–H groups in total. The van der Waals surface area contributed by atoms with E-state index in [2.05, 4.69) is 0 Å². The van der Waals surface area contributed by atoms with Crippen molar-refractivity contribution in [3.63, 3.8) is 0 Å². The maximum Gasteiger partial charge on any atom is 0.419 e. The Morgan fingerprint density at radius 2 is 1.62 bits per heavy atom. The van der Waals surface area contributed by atoms with Gasteiger partial charge in [0.25, 0.3) is 5.91 Å². The van der Waals surface area contributed by atoms with Crippen molar-refractivity contribution < 1.29 is 42.1 Å². The molecule has 0 radical (unpaired) electrons. The summed E-state index contributed by atoms with van der Waals surface area (Å²) < 4.78 is 108. The number of hydrogen-bond acceptors (Lipinski definition) is 4. The monoisotopic (exact) mass is 485 g/mol. The lowest BCUT2D eigenvalue weighted by atomic mass is 10.1. The van der Waals surface area contributed by atoms with Crippen molar-refractivity contribution in [2.24, 2.45) is 0 Å². The third-order valence-electron chi connectivity index (χ3n) is 3.84. The number of amides is 1. The van der Waals surface area contributed by atoms with Gasteiger partial charge in [-0.15, -0.1) is 0 Å². The third kappa shape index (κ3) is 6.24. The van der Waals surface area contributed by atoms with Gasteiger partial charge in [-0.2, -0.15) is 23.7 Å². The van der Waals surface area contributed by atoms with E-state index in [0.29, 0.717) is 18.2 Å². The smallest absolute Gasteiger partial charge is 0.419 e. The molecule has 14 heteroatoms. The standard InChI is InChI=1S/C18H11F8N3O2S/c19-18(20,21)15-6-1-11(8-27)7-16(15)31-10-13(9-28)29-17(30)12-2-4-14(5-3-12)32(22,23,24,25)26/h1-7,13H,10H2,(H,29,30). The van der Waals surface area contributed by atoms with Crippen molar-refractivity contribution in [3.05, 3.63) is 59.2 Å². The van der Waals surface area contributed by atoms with E-state index >= 15 is 0 Å². The summed E-state index contributed by atoms with van der Waals surface area (Å²) in [4.78, 5) is 9.85. The van der Waals surface area contributed by atoms with Crippen molar-refractivity contribution in [2.45, 2.75) is 17.1 Å². The molecular formula is C18H11F8N3O2S. The van der Waals surface area contributed by atoms with Crippen molar-refractivity contribution in [3.8, 4) is 17.9 Å². The zero-order valence-corrected chi connectivity index (χ0v) is 16.3. The van der Waals surface area contributed by atoms with Crippen LogP contribution < -0.4 is 10.1 Å². The first-order chi connectivity index (χ1) is 14.4. The molecule has 0 aliphatic carbocycles. The summed E-state index contributed by atoms with van der Waals surface area (Å²) in [6.07, 6.45) is -4.85. The first-order valence-corrected chi connectivity index (χ1v) is 10.2. The summed E-state index contributed by atoms with van der Waals surface area (Å²) in [7, 11) is -9.94. The van der Waals surface area contributed by atoms with Crippen LogP contribution in [0.15, 0.2) is 47.4 Å². The van der Waals surface area contributed by atoms with E-state index in [9.17, 15) is 37.4 Å². The number of ether oxygens (including phenoxy) is 1. The number of rotatable bonds is 6. The first-order valence-electron chi connectivity index (χ1n) is 8.23. The van der Waals surface area contributed by atoms with Crippen LogP contribution in [-0.2, 0) is 6.18 Å². The average Bonchev–Trinajstić information content (AvgIpc) is 2.68. The minimum atomic E-state index is -9.94. The number of hydrogen-bond donors (Lipinski definition) is 1. The highest BCUT2D eigenvalue weighted by Gasteiger charge is 2.65. The van der Waals surface area contributed by atoms with Gasteiger partial charge < -0.3 is 10.1 Å². The molecule has 2 aromatic carbocycles. The van der Waals surface area contributed by atoms with Crippen molar-refractivity contribution in [2.75, 3.05) is 6.61 Å². The number of halogens is 8. The van der Waals surface area contributed by atoms with Crippen LogP contribution >= 0.6 is 10.2 Å². The molecule has 0 spiro atoms. The predicted molar refractivity (Wildman–Crippen MR) is 96.4 cm³/mol. The van der Waals surface area contributed by atoms with Gasteiger partial charge in [0.05, 0.1) is 23.3 Å². The minimum absolute atomic E-state index is 0.00263. The minimum Gasteiger partial charge on any atom is -0.490 e. The van der Waals surface area contributed by atoms with Crippen LogP contribution in [0.5, 0.6) is 5.75 Å². The topological polar surface area (TPSA) is 85.9 Å². The summed E-state index contributed by atoms with van der Waals surface area (Å²) in [5.74, 6) is -1.94. The molecule has 2 rings (SSSR count). The molecule has 5 nitrogen and oxygen atoms in total. The zero-order valence-electron chi connectivity index (χ0n) is 15.5. The number of nitrogens with zero attached hydrogens (tertiary/aromatic N) is 2. The molecule has 0 heterocycles. The molecule has 0 saturated carbocycles. The van der Waals surface area contributed by atoms with Gasteiger partial charge in [-0.1, -0.05) is 19.4 Å². The maximum absolute atomic E-state index is 13.1. The Bertz CT molecular complexity index is 1120. The zero-order chi connectivity index (χ0) is 24.4. The van der Waals surface area contributed by atoms with Crippen molar-refractivity contribution in [1.82, 2.24) is 5.32 Å². The van der Waals surface area contributed by atoms with Gasteiger partial charge in [-0.05, 0) is 42.5 Å². The highest BCUT2D eigenvalue weighted by molar-refractivity contribution is 8.45. The van der Waals surface area contributed by atoms with E-state index in [1.807, 2.05) is 5.32 Å². The number of carbonyl (C=O) groups is 1. The number of alkyl halides is 3. The largest absolute Gasteiger partial charge is 0.490 e. The second-order valence-electron chi connectivity index (χ2n) is 6.28. The highest BCUT2D eigenvalue weighted by Crippen LogP contribution is 3.02. The maximum atomic E-state index is 13.1. The molecule has 172 valence electrons. The molecule has 2 aromatic rings.